The van der Waals surface area contributed by atoms with Gasteiger partial charge in [-0.2, -0.15) is 11.8 Å². The van der Waals surface area contributed by atoms with Crippen molar-refractivity contribution in [2.45, 2.75) is 69.1 Å². The Labute approximate surface area is 219 Å². The summed E-state index contributed by atoms with van der Waals surface area (Å²) in [5, 5.41) is 17.2. The minimum atomic E-state index is -1.25. The van der Waals surface area contributed by atoms with Gasteiger partial charge in [0, 0.05) is 24.7 Å². The minimum absolute atomic E-state index is 0.0178. The van der Waals surface area contributed by atoms with Crippen LogP contribution in [-0.2, 0) is 30.4 Å². The first-order valence-corrected chi connectivity index (χ1v) is 13.3. The first-order chi connectivity index (χ1) is 17.6. The third-order valence-corrected chi connectivity index (χ3v) is 6.10. The van der Waals surface area contributed by atoms with E-state index in [-0.39, 0.29) is 32.1 Å². The second-order valence-corrected chi connectivity index (χ2v) is 9.47. The maximum atomic E-state index is 13.1. The molecule has 14 nitrogen and oxygen atoms in total. The van der Waals surface area contributed by atoms with Crippen molar-refractivity contribution in [1.82, 2.24) is 25.9 Å². The van der Waals surface area contributed by atoms with Crippen molar-refractivity contribution in [2.75, 3.05) is 18.6 Å². The number of thioether (sulfide) groups is 1. The van der Waals surface area contributed by atoms with Crippen LogP contribution >= 0.6 is 11.8 Å². The van der Waals surface area contributed by atoms with Gasteiger partial charge in [0.1, 0.15) is 18.1 Å². The number of imidazole rings is 1. The number of hydrogen-bond donors (Lipinski definition) is 8. The number of aromatic nitrogens is 2. The van der Waals surface area contributed by atoms with Gasteiger partial charge in [-0.05, 0) is 50.7 Å². The van der Waals surface area contributed by atoms with Crippen LogP contribution in [0.3, 0.4) is 0 Å². The van der Waals surface area contributed by atoms with E-state index < -0.39 is 53.8 Å². The van der Waals surface area contributed by atoms with Crippen LogP contribution in [-0.4, -0.2) is 87.4 Å². The topological polar surface area (TPSA) is 248 Å². The average Bonchev–Trinajstić information content (AvgIpc) is 3.36. The van der Waals surface area contributed by atoms with Crippen LogP contribution in [0.5, 0.6) is 0 Å². The van der Waals surface area contributed by atoms with Gasteiger partial charge >= 0.3 is 5.97 Å². The smallest absolute Gasteiger partial charge is 0.326 e. The van der Waals surface area contributed by atoms with Crippen molar-refractivity contribution in [2.24, 2.45) is 17.2 Å². The maximum absolute atomic E-state index is 13.1. The van der Waals surface area contributed by atoms with E-state index in [2.05, 4.69) is 25.9 Å². The minimum Gasteiger partial charge on any atom is -0.480 e. The Morgan fingerprint density at radius 2 is 1.62 bits per heavy atom. The zero-order valence-corrected chi connectivity index (χ0v) is 21.7. The van der Waals surface area contributed by atoms with Gasteiger partial charge in [-0.3, -0.25) is 19.2 Å². The molecular weight excluding hydrogens is 504 g/mol. The van der Waals surface area contributed by atoms with Crippen molar-refractivity contribution in [3.63, 3.8) is 0 Å². The lowest BCUT2D eigenvalue weighted by Gasteiger charge is -2.25. The Kier molecular flexibility index (Phi) is 14.9. The molecule has 0 aliphatic rings. The molecule has 1 rings (SSSR count). The zero-order valence-electron chi connectivity index (χ0n) is 20.9. The lowest BCUT2D eigenvalue weighted by atomic mass is 10.1. The Morgan fingerprint density at radius 3 is 2.16 bits per heavy atom. The molecule has 1 aromatic rings. The molecule has 1 heterocycles. The predicted molar refractivity (Wildman–Crippen MR) is 138 cm³/mol. The standard InChI is InChI=1S/C22H38N8O6S/c1-37-9-7-16(21(34)30-17(22(35)36)10-13-11-26-12-27-13)29-20(33)15(4-2-3-8-23)28-19(32)14(24)5-6-18(25)31/h11-12,14-17H,2-10,23-24H2,1H3,(H2,25,31)(H,26,27)(H,28,32)(H,29,33)(H,30,34)(H,35,36). The summed E-state index contributed by atoms with van der Waals surface area (Å²) in [5.41, 5.74) is 17.0. The number of carboxylic acid groups (broad SMARTS) is 1. The number of nitrogens with zero attached hydrogens (tertiary/aromatic N) is 1. The Bertz CT molecular complexity index is 885. The van der Waals surface area contributed by atoms with Gasteiger partial charge in [0.25, 0.3) is 0 Å². The first kappa shape index (κ1) is 31.9. The highest BCUT2D eigenvalue weighted by Gasteiger charge is 2.30. The number of carboxylic acids is 1. The van der Waals surface area contributed by atoms with Gasteiger partial charge in [-0.25, -0.2) is 9.78 Å². The van der Waals surface area contributed by atoms with Crippen molar-refractivity contribution in [1.29, 1.82) is 0 Å². The monoisotopic (exact) mass is 542 g/mol. The SMILES string of the molecule is CSCCC(NC(=O)C(CCCCN)NC(=O)C(N)CCC(N)=O)C(=O)NC(Cc1cnc[nH]1)C(=O)O. The van der Waals surface area contributed by atoms with Crippen LogP contribution in [0.15, 0.2) is 12.5 Å². The number of aromatic amines is 1. The molecule has 15 heteroatoms. The molecule has 0 aliphatic carbocycles. The summed E-state index contributed by atoms with van der Waals surface area (Å²) in [4.78, 5) is 68.0. The second-order valence-electron chi connectivity index (χ2n) is 8.48. The number of amides is 4. The molecule has 0 bridgehead atoms. The summed E-state index contributed by atoms with van der Waals surface area (Å²) in [5.74, 6) is -3.25. The number of nitrogens with two attached hydrogens (primary N) is 3. The highest BCUT2D eigenvalue weighted by molar-refractivity contribution is 7.98. The summed E-state index contributed by atoms with van der Waals surface area (Å²) in [6, 6.07) is -4.35. The molecule has 4 atom stereocenters. The van der Waals surface area contributed by atoms with Gasteiger partial charge in [-0.15, -0.1) is 0 Å². The highest BCUT2D eigenvalue weighted by atomic mass is 32.2. The van der Waals surface area contributed by atoms with Crippen molar-refractivity contribution < 1.29 is 29.1 Å². The number of hydrogen-bond acceptors (Lipinski definition) is 9. The Morgan fingerprint density at radius 1 is 1.00 bits per heavy atom. The molecule has 0 saturated heterocycles. The van der Waals surface area contributed by atoms with Gasteiger partial charge in [0.2, 0.25) is 23.6 Å². The summed E-state index contributed by atoms with van der Waals surface area (Å²) < 4.78 is 0. The number of nitrogens with one attached hydrogen (secondary N) is 4. The third kappa shape index (κ3) is 12.6. The molecule has 11 N–H and O–H groups in total. The van der Waals surface area contributed by atoms with Crippen LogP contribution < -0.4 is 33.2 Å². The fourth-order valence-electron chi connectivity index (χ4n) is 3.33. The molecule has 0 fully saturated rings. The average molecular weight is 543 g/mol. The largest absolute Gasteiger partial charge is 0.480 e. The number of carbonyl (C=O) groups excluding carboxylic acids is 4. The Hall–Kier alpha value is -3.17. The molecule has 1 aromatic heterocycles. The van der Waals surface area contributed by atoms with Crippen LogP contribution in [0.4, 0.5) is 0 Å². The van der Waals surface area contributed by atoms with E-state index in [1.54, 1.807) is 0 Å². The Balaban J connectivity index is 2.94. The molecular formula is C22H38N8O6S. The van der Waals surface area contributed by atoms with Crippen molar-refractivity contribution in [3.8, 4) is 0 Å². The summed E-state index contributed by atoms with van der Waals surface area (Å²) >= 11 is 1.45. The number of primary amides is 1. The molecule has 37 heavy (non-hydrogen) atoms. The number of unbranched alkanes of at least 4 members (excludes halogenated alkanes) is 1. The van der Waals surface area contributed by atoms with Crippen molar-refractivity contribution in [3.05, 3.63) is 18.2 Å². The van der Waals surface area contributed by atoms with Crippen LogP contribution in [0, 0.1) is 0 Å². The zero-order chi connectivity index (χ0) is 27.8. The van der Waals surface area contributed by atoms with E-state index in [0.717, 1.165) is 0 Å². The molecule has 0 aliphatic heterocycles. The summed E-state index contributed by atoms with van der Waals surface area (Å²) in [6.07, 6.45) is 6.21. The summed E-state index contributed by atoms with van der Waals surface area (Å²) in [6.45, 7) is 0.395. The first-order valence-electron chi connectivity index (χ1n) is 11.9. The molecule has 4 amide bonds. The van der Waals surface area contributed by atoms with E-state index in [1.165, 1.54) is 24.3 Å². The molecule has 0 radical (unpaired) electrons. The molecule has 0 saturated carbocycles. The quantitative estimate of drug-likeness (QED) is 0.0890. The lowest BCUT2D eigenvalue weighted by Crippen LogP contribution is -2.57. The molecule has 0 spiro atoms. The van der Waals surface area contributed by atoms with E-state index >= 15 is 0 Å². The number of aliphatic carboxylic acids is 1. The molecule has 4 unspecified atom stereocenters. The maximum Gasteiger partial charge on any atom is 0.326 e. The lowest BCUT2D eigenvalue weighted by molar-refractivity contribution is -0.142. The van der Waals surface area contributed by atoms with E-state index in [9.17, 15) is 29.1 Å². The van der Waals surface area contributed by atoms with Crippen LogP contribution in [0.25, 0.3) is 0 Å². The number of rotatable bonds is 19. The molecule has 0 aromatic carbocycles. The van der Waals surface area contributed by atoms with Crippen LogP contribution in [0.2, 0.25) is 0 Å². The van der Waals surface area contributed by atoms with E-state index in [4.69, 9.17) is 17.2 Å². The second kappa shape index (κ2) is 17.3. The number of H-pyrrole nitrogens is 1. The van der Waals surface area contributed by atoms with Gasteiger partial charge in [0.05, 0.1) is 12.4 Å². The van der Waals surface area contributed by atoms with E-state index in [1.807, 2.05) is 6.26 Å². The summed E-state index contributed by atoms with van der Waals surface area (Å²) in [7, 11) is 0. The van der Waals surface area contributed by atoms with Crippen molar-refractivity contribution >= 4 is 41.4 Å². The predicted octanol–water partition coefficient (Wildman–Crippen LogP) is -2.03. The van der Waals surface area contributed by atoms with E-state index in [0.29, 0.717) is 30.8 Å². The molecule has 208 valence electrons. The highest BCUT2D eigenvalue weighted by Crippen LogP contribution is 2.07. The van der Waals surface area contributed by atoms with Gasteiger partial charge in [0.15, 0.2) is 0 Å². The van der Waals surface area contributed by atoms with Gasteiger partial charge in [-0.1, -0.05) is 0 Å². The third-order valence-electron chi connectivity index (χ3n) is 5.46. The van der Waals surface area contributed by atoms with Crippen LogP contribution in [0.1, 0.15) is 44.2 Å². The van der Waals surface area contributed by atoms with Gasteiger partial charge < -0.3 is 43.2 Å². The normalized spacial score (nSPS) is 14.1. The number of carbonyl (C=O) groups is 5. The fraction of sp³-hybridized carbons (Fsp3) is 0.636. The fourth-order valence-corrected chi connectivity index (χ4v) is 3.81.